The van der Waals surface area contributed by atoms with Crippen molar-refractivity contribution in [2.75, 3.05) is 5.75 Å². The lowest BCUT2D eigenvalue weighted by Gasteiger charge is -2.11. The summed E-state index contributed by atoms with van der Waals surface area (Å²) in [5.41, 5.74) is 0. The van der Waals surface area contributed by atoms with Crippen LogP contribution in [0.1, 0.15) is 0 Å². The summed E-state index contributed by atoms with van der Waals surface area (Å²) in [5.74, 6) is -0.126. The minimum atomic E-state index is -4.22. The maximum atomic E-state index is 12.0. The highest BCUT2D eigenvalue weighted by Gasteiger charge is 2.37. The smallest absolute Gasteiger partial charge is 0.254 e. The van der Waals surface area contributed by atoms with Gasteiger partial charge in [-0.1, -0.05) is 27.7 Å². The van der Waals surface area contributed by atoms with E-state index in [1.165, 1.54) is 6.33 Å². The van der Waals surface area contributed by atoms with E-state index in [9.17, 15) is 13.2 Å². The van der Waals surface area contributed by atoms with Crippen molar-refractivity contribution >= 4 is 27.7 Å². The van der Waals surface area contributed by atoms with E-state index in [1.807, 2.05) is 0 Å². The Morgan fingerprint density at radius 2 is 2.31 bits per heavy atom. The molecule has 3 nitrogen and oxygen atoms in total. The molecule has 0 aliphatic rings. The van der Waals surface area contributed by atoms with E-state index in [4.69, 9.17) is 0 Å². The van der Waals surface area contributed by atoms with Crippen molar-refractivity contribution in [3.63, 3.8) is 0 Å². The van der Waals surface area contributed by atoms with Gasteiger partial charge in [-0.25, -0.2) is 4.98 Å². The van der Waals surface area contributed by atoms with Crippen LogP contribution in [0.5, 0.6) is 0 Å². The Balaban J connectivity index is 2.35. The van der Waals surface area contributed by atoms with E-state index < -0.39 is 11.0 Å². The minimum absolute atomic E-state index is 0.126. The Morgan fingerprint density at radius 1 is 1.62 bits per heavy atom. The number of aromatic nitrogens is 3. The highest BCUT2D eigenvalue weighted by atomic mass is 79.9. The van der Waals surface area contributed by atoms with Gasteiger partial charge < -0.3 is 0 Å². The lowest BCUT2D eigenvalue weighted by molar-refractivity contribution is -0.122. The first kappa shape index (κ1) is 10.8. The van der Waals surface area contributed by atoms with Crippen molar-refractivity contribution in [1.29, 1.82) is 0 Å². The molecule has 1 aromatic rings. The summed E-state index contributed by atoms with van der Waals surface area (Å²) in [6.45, 7) is 0. The molecule has 1 aromatic heterocycles. The molecule has 0 aromatic carbocycles. The second-order valence-corrected chi connectivity index (χ2v) is 4.22. The Kier molecular flexibility index (Phi) is 3.60. The number of H-pyrrole nitrogens is 1. The number of alkyl halides is 4. The standard InChI is InChI=1S/C5H5BrF3N3S/c6-3(5(7,8)9)1-13-4-10-2-11-12-4/h2-3H,1H2,(H,10,11,12). The monoisotopic (exact) mass is 275 g/mol. The molecule has 0 aliphatic carbocycles. The lowest BCUT2D eigenvalue weighted by Crippen LogP contribution is -2.24. The molecule has 0 aliphatic heterocycles. The van der Waals surface area contributed by atoms with Crippen LogP contribution >= 0.6 is 27.7 Å². The van der Waals surface area contributed by atoms with Gasteiger partial charge in [0, 0.05) is 5.75 Å². The summed E-state index contributed by atoms with van der Waals surface area (Å²) in [7, 11) is 0. The molecule has 13 heavy (non-hydrogen) atoms. The van der Waals surface area contributed by atoms with Crippen LogP contribution in [0.25, 0.3) is 0 Å². The zero-order valence-electron chi connectivity index (χ0n) is 6.18. The maximum absolute atomic E-state index is 12.0. The molecule has 0 saturated heterocycles. The van der Waals surface area contributed by atoms with Gasteiger partial charge in [-0.05, 0) is 0 Å². The second kappa shape index (κ2) is 4.32. The van der Waals surface area contributed by atoms with Gasteiger partial charge in [0.05, 0.1) is 0 Å². The number of nitrogens with zero attached hydrogens (tertiary/aromatic N) is 2. The van der Waals surface area contributed by atoms with E-state index >= 15 is 0 Å². The van der Waals surface area contributed by atoms with Gasteiger partial charge in [0.2, 0.25) is 0 Å². The van der Waals surface area contributed by atoms with Crippen LogP contribution < -0.4 is 0 Å². The molecule has 0 bridgehead atoms. The van der Waals surface area contributed by atoms with E-state index in [1.54, 1.807) is 0 Å². The van der Waals surface area contributed by atoms with Gasteiger partial charge in [-0.2, -0.15) is 18.3 Å². The van der Waals surface area contributed by atoms with Crippen LogP contribution in [0.3, 0.4) is 0 Å². The highest BCUT2D eigenvalue weighted by Crippen LogP contribution is 2.30. The van der Waals surface area contributed by atoms with Crippen LogP contribution in [0.15, 0.2) is 11.5 Å². The minimum Gasteiger partial charge on any atom is -0.254 e. The van der Waals surface area contributed by atoms with Gasteiger partial charge in [0.25, 0.3) is 0 Å². The summed E-state index contributed by atoms with van der Waals surface area (Å²) in [6.07, 6.45) is -2.97. The van der Waals surface area contributed by atoms with Gasteiger partial charge in [0.15, 0.2) is 5.16 Å². The molecule has 8 heteroatoms. The number of thioether (sulfide) groups is 1. The summed E-state index contributed by atoms with van der Waals surface area (Å²) in [6, 6.07) is 0. The van der Waals surface area contributed by atoms with Gasteiger partial charge in [0.1, 0.15) is 11.2 Å². The molecule has 1 atom stereocenters. The highest BCUT2D eigenvalue weighted by molar-refractivity contribution is 9.09. The molecule has 1 heterocycles. The van der Waals surface area contributed by atoms with Crippen molar-refractivity contribution in [3.05, 3.63) is 6.33 Å². The Labute approximate surface area is 84.6 Å². The first-order valence-electron chi connectivity index (χ1n) is 3.19. The molecule has 74 valence electrons. The van der Waals surface area contributed by atoms with E-state index in [-0.39, 0.29) is 5.75 Å². The second-order valence-electron chi connectivity index (χ2n) is 2.11. The Hall–Kier alpha value is -0.240. The third kappa shape index (κ3) is 3.55. The fourth-order valence-electron chi connectivity index (χ4n) is 0.510. The normalized spacial score (nSPS) is 14.5. The van der Waals surface area contributed by atoms with Crippen molar-refractivity contribution in [2.24, 2.45) is 0 Å². The fourth-order valence-corrected chi connectivity index (χ4v) is 1.64. The SMILES string of the molecule is FC(F)(F)C(Br)CSc1ncn[nH]1. The van der Waals surface area contributed by atoms with Crippen molar-refractivity contribution in [1.82, 2.24) is 15.2 Å². The van der Waals surface area contributed by atoms with Crippen LogP contribution in [-0.4, -0.2) is 31.9 Å². The van der Waals surface area contributed by atoms with Gasteiger partial charge in [-0.3, -0.25) is 5.10 Å². The first-order valence-corrected chi connectivity index (χ1v) is 5.09. The largest absolute Gasteiger partial charge is 0.402 e. The molecule has 0 radical (unpaired) electrons. The van der Waals surface area contributed by atoms with Crippen molar-refractivity contribution < 1.29 is 13.2 Å². The average molecular weight is 276 g/mol. The van der Waals surface area contributed by atoms with Crippen LogP contribution in [0.4, 0.5) is 13.2 Å². The molecule has 1 N–H and O–H groups in total. The summed E-state index contributed by atoms with van der Waals surface area (Å²) in [4.78, 5) is 2.16. The number of halogens is 4. The van der Waals surface area contributed by atoms with E-state index in [0.717, 1.165) is 11.8 Å². The lowest BCUT2D eigenvalue weighted by atomic mass is 10.5. The number of rotatable bonds is 3. The average Bonchev–Trinajstić information content (AvgIpc) is 2.50. The fraction of sp³-hybridized carbons (Fsp3) is 0.600. The number of hydrogen-bond acceptors (Lipinski definition) is 3. The number of nitrogens with one attached hydrogen (secondary N) is 1. The van der Waals surface area contributed by atoms with E-state index in [2.05, 4.69) is 31.1 Å². The summed E-state index contributed by atoms with van der Waals surface area (Å²) in [5, 5.41) is 6.35. The zero-order valence-corrected chi connectivity index (χ0v) is 8.58. The predicted octanol–water partition coefficient (Wildman–Crippen LogP) is 2.22. The molecule has 1 unspecified atom stereocenters. The zero-order chi connectivity index (χ0) is 9.90. The van der Waals surface area contributed by atoms with Crippen LogP contribution in [0, 0.1) is 0 Å². The molecule has 0 amide bonds. The van der Waals surface area contributed by atoms with Crippen molar-refractivity contribution in [2.45, 2.75) is 16.2 Å². The van der Waals surface area contributed by atoms with Crippen LogP contribution in [0.2, 0.25) is 0 Å². The molecule has 0 fully saturated rings. The topological polar surface area (TPSA) is 41.6 Å². The van der Waals surface area contributed by atoms with Crippen LogP contribution in [-0.2, 0) is 0 Å². The quantitative estimate of drug-likeness (QED) is 0.680. The van der Waals surface area contributed by atoms with Gasteiger partial charge >= 0.3 is 6.18 Å². The Bertz CT molecular complexity index is 250. The summed E-state index contributed by atoms with van der Waals surface area (Å²) >= 11 is 3.50. The van der Waals surface area contributed by atoms with E-state index in [0.29, 0.717) is 5.16 Å². The molecule has 0 saturated carbocycles. The third-order valence-electron chi connectivity index (χ3n) is 1.11. The molecule has 1 rings (SSSR count). The number of aromatic amines is 1. The molecule has 0 spiro atoms. The maximum Gasteiger partial charge on any atom is 0.402 e. The molecular weight excluding hydrogens is 271 g/mol. The molecular formula is C5H5BrF3N3S. The summed E-state index contributed by atoms with van der Waals surface area (Å²) < 4.78 is 35.9. The number of hydrogen-bond donors (Lipinski definition) is 1. The Morgan fingerprint density at radius 3 is 2.77 bits per heavy atom. The van der Waals surface area contributed by atoms with Crippen molar-refractivity contribution in [3.8, 4) is 0 Å². The predicted molar refractivity (Wildman–Crippen MR) is 45.9 cm³/mol. The third-order valence-corrected chi connectivity index (χ3v) is 3.36. The first-order chi connectivity index (χ1) is 6.00. The van der Waals surface area contributed by atoms with Gasteiger partial charge in [-0.15, -0.1) is 0 Å².